The second-order valence-corrected chi connectivity index (χ2v) is 4.03. The Hall–Kier alpha value is -0.840. The average molecular weight is 244 g/mol. The standard InChI is InChI=1S/C8H10BrN3O/c1-4-6(9)7(13)12-8(10-4)11-5-2-3-5/h5H,2-3H2,1H3,(H2,10,11,12,13). The van der Waals surface area contributed by atoms with Gasteiger partial charge in [0.15, 0.2) is 0 Å². The molecule has 13 heavy (non-hydrogen) atoms. The SMILES string of the molecule is Cc1nc(NC2CC2)[nH]c(=O)c1Br. The molecular weight excluding hydrogens is 234 g/mol. The summed E-state index contributed by atoms with van der Waals surface area (Å²) in [6.07, 6.45) is 2.33. The summed E-state index contributed by atoms with van der Waals surface area (Å²) in [6.45, 7) is 1.80. The molecule has 4 nitrogen and oxygen atoms in total. The van der Waals surface area contributed by atoms with Gasteiger partial charge in [0, 0.05) is 6.04 Å². The fourth-order valence-electron chi connectivity index (χ4n) is 1.06. The van der Waals surface area contributed by atoms with Crippen LogP contribution in [0.3, 0.4) is 0 Å². The normalized spacial score (nSPS) is 15.8. The maximum Gasteiger partial charge on any atom is 0.266 e. The molecule has 70 valence electrons. The quantitative estimate of drug-likeness (QED) is 0.827. The number of H-pyrrole nitrogens is 1. The van der Waals surface area contributed by atoms with Crippen molar-refractivity contribution in [3.05, 3.63) is 20.5 Å². The molecule has 1 aliphatic rings. The first-order chi connectivity index (χ1) is 6.16. The number of aromatic amines is 1. The molecule has 1 fully saturated rings. The van der Waals surface area contributed by atoms with Crippen molar-refractivity contribution in [2.24, 2.45) is 0 Å². The minimum atomic E-state index is -0.129. The van der Waals surface area contributed by atoms with Crippen molar-refractivity contribution in [1.82, 2.24) is 9.97 Å². The van der Waals surface area contributed by atoms with Crippen LogP contribution in [0.1, 0.15) is 18.5 Å². The lowest BCUT2D eigenvalue weighted by molar-refractivity contribution is 0.996. The first-order valence-electron chi connectivity index (χ1n) is 4.20. The summed E-state index contributed by atoms with van der Waals surface area (Å²) < 4.78 is 0.508. The molecule has 2 rings (SSSR count). The average Bonchev–Trinajstić information content (AvgIpc) is 2.84. The van der Waals surface area contributed by atoms with Crippen LogP contribution in [-0.4, -0.2) is 16.0 Å². The van der Waals surface area contributed by atoms with E-state index in [2.05, 4.69) is 31.2 Å². The number of aryl methyl sites for hydroxylation is 1. The fourth-order valence-corrected chi connectivity index (χ4v) is 1.25. The van der Waals surface area contributed by atoms with Gasteiger partial charge in [-0.25, -0.2) is 4.98 Å². The molecule has 0 amide bonds. The molecule has 2 N–H and O–H groups in total. The van der Waals surface area contributed by atoms with Crippen molar-refractivity contribution >= 4 is 21.9 Å². The maximum absolute atomic E-state index is 11.3. The Morgan fingerprint density at radius 3 is 2.85 bits per heavy atom. The lowest BCUT2D eigenvalue weighted by atomic mass is 10.4. The molecule has 0 saturated heterocycles. The molecule has 5 heteroatoms. The monoisotopic (exact) mass is 243 g/mol. The Bertz CT molecular complexity index is 383. The van der Waals surface area contributed by atoms with E-state index in [0.717, 1.165) is 0 Å². The predicted octanol–water partition coefficient (Wildman–Crippen LogP) is 1.42. The van der Waals surface area contributed by atoms with Gasteiger partial charge in [-0.05, 0) is 35.7 Å². The van der Waals surface area contributed by atoms with Crippen LogP contribution in [0.4, 0.5) is 5.95 Å². The Balaban J connectivity index is 2.31. The summed E-state index contributed by atoms with van der Waals surface area (Å²) in [5.74, 6) is 0.577. The lowest BCUT2D eigenvalue weighted by Crippen LogP contribution is -2.15. The molecule has 1 aromatic heterocycles. The second kappa shape index (κ2) is 3.14. The highest BCUT2D eigenvalue weighted by molar-refractivity contribution is 9.10. The van der Waals surface area contributed by atoms with E-state index in [-0.39, 0.29) is 5.56 Å². The first kappa shape index (κ1) is 8.74. The van der Waals surface area contributed by atoms with Crippen molar-refractivity contribution < 1.29 is 0 Å². The molecule has 1 saturated carbocycles. The summed E-state index contributed by atoms with van der Waals surface area (Å²) in [5, 5.41) is 3.14. The lowest BCUT2D eigenvalue weighted by Gasteiger charge is -2.04. The summed E-state index contributed by atoms with van der Waals surface area (Å²) >= 11 is 3.16. The minimum Gasteiger partial charge on any atom is -0.353 e. The van der Waals surface area contributed by atoms with E-state index in [1.165, 1.54) is 12.8 Å². The van der Waals surface area contributed by atoms with Crippen LogP contribution in [0.5, 0.6) is 0 Å². The molecule has 0 bridgehead atoms. The number of hydrogen-bond acceptors (Lipinski definition) is 3. The Morgan fingerprint density at radius 2 is 2.31 bits per heavy atom. The second-order valence-electron chi connectivity index (χ2n) is 3.23. The van der Waals surface area contributed by atoms with Gasteiger partial charge in [-0.2, -0.15) is 0 Å². The van der Waals surface area contributed by atoms with Crippen LogP contribution < -0.4 is 10.9 Å². The summed E-state index contributed by atoms with van der Waals surface area (Å²) in [5.41, 5.74) is 0.586. The van der Waals surface area contributed by atoms with Crippen molar-refractivity contribution in [1.29, 1.82) is 0 Å². The Kier molecular flexibility index (Phi) is 2.11. The van der Waals surface area contributed by atoms with E-state index in [1.54, 1.807) is 6.92 Å². The van der Waals surface area contributed by atoms with Gasteiger partial charge in [0.05, 0.1) is 5.69 Å². The van der Waals surface area contributed by atoms with Gasteiger partial charge in [0.25, 0.3) is 5.56 Å². The van der Waals surface area contributed by atoms with Gasteiger partial charge in [-0.3, -0.25) is 9.78 Å². The van der Waals surface area contributed by atoms with E-state index in [4.69, 9.17) is 0 Å². The van der Waals surface area contributed by atoms with Crippen LogP contribution >= 0.6 is 15.9 Å². The molecule has 1 aromatic rings. The van der Waals surface area contributed by atoms with Crippen molar-refractivity contribution in [3.63, 3.8) is 0 Å². The molecule has 0 aliphatic heterocycles. The smallest absolute Gasteiger partial charge is 0.266 e. The Morgan fingerprint density at radius 1 is 1.62 bits per heavy atom. The third-order valence-electron chi connectivity index (χ3n) is 1.95. The number of nitrogens with zero attached hydrogens (tertiary/aromatic N) is 1. The number of aromatic nitrogens is 2. The first-order valence-corrected chi connectivity index (χ1v) is 4.99. The number of nitrogens with one attached hydrogen (secondary N) is 2. The van der Waals surface area contributed by atoms with Crippen LogP contribution in [-0.2, 0) is 0 Å². The zero-order valence-electron chi connectivity index (χ0n) is 7.22. The van der Waals surface area contributed by atoms with Crippen LogP contribution in [0.15, 0.2) is 9.27 Å². The molecule has 0 aromatic carbocycles. The van der Waals surface area contributed by atoms with Gasteiger partial charge in [0.2, 0.25) is 5.95 Å². The third-order valence-corrected chi connectivity index (χ3v) is 2.88. The molecule has 0 spiro atoms. The molecule has 0 unspecified atom stereocenters. The highest BCUT2D eigenvalue weighted by atomic mass is 79.9. The summed E-state index contributed by atoms with van der Waals surface area (Å²) in [6, 6.07) is 0.503. The van der Waals surface area contributed by atoms with E-state index >= 15 is 0 Å². The fraction of sp³-hybridized carbons (Fsp3) is 0.500. The number of halogens is 1. The number of rotatable bonds is 2. The van der Waals surface area contributed by atoms with Crippen LogP contribution in [0.25, 0.3) is 0 Å². The highest BCUT2D eigenvalue weighted by Crippen LogP contribution is 2.22. The van der Waals surface area contributed by atoms with E-state index < -0.39 is 0 Å². The summed E-state index contributed by atoms with van der Waals surface area (Å²) in [7, 11) is 0. The third kappa shape index (κ3) is 1.91. The number of hydrogen-bond donors (Lipinski definition) is 2. The summed E-state index contributed by atoms with van der Waals surface area (Å²) in [4.78, 5) is 18.1. The molecule has 1 aliphatic carbocycles. The largest absolute Gasteiger partial charge is 0.353 e. The zero-order valence-corrected chi connectivity index (χ0v) is 8.81. The molecular formula is C8H10BrN3O. The number of anilines is 1. The van der Waals surface area contributed by atoms with Gasteiger partial charge in [0.1, 0.15) is 4.47 Å². The van der Waals surface area contributed by atoms with Crippen molar-refractivity contribution in [3.8, 4) is 0 Å². The van der Waals surface area contributed by atoms with Crippen LogP contribution in [0.2, 0.25) is 0 Å². The van der Waals surface area contributed by atoms with Crippen LogP contribution in [0, 0.1) is 6.92 Å². The van der Waals surface area contributed by atoms with E-state index in [1.807, 2.05) is 0 Å². The topological polar surface area (TPSA) is 57.8 Å². The molecule has 0 atom stereocenters. The molecule has 1 heterocycles. The Labute approximate surface area is 83.9 Å². The van der Waals surface area contributed by atoms with E-state index in [9.17, 15) is 4.79 Å². The van der Waals surface area contributed by atoms with E-state index in [0.29, 0.717) is 22.2 Å². The van der Waals surface area contributed by atoms with Crippen molar-refractivity contribution in [2.75, 3.05) is 5.32 Å². The molecule has 0 radical (unpaired) electrons. The van der Waals surface area contributed by atoms with Gasteiger partial charge < -0.3 is 5.32 Å². The van der Waals surface area contributed by atoms with Gasteiger partial charge in [-0.15, -0.1) is 0 Å². The van der Waals surface area contributed by atoms with Gasteiger partial charge in [-0.1, -0.05) is 0 Å². The van der Waals surface area contributed by atoms with Gasteiger partial charge >= 0.3 is 0 Å². The predicted molar refractivity (Wildman–Crippen MR) is 53.9 cm³/mol. The van der Waals surface area contributed by atoms with Crippen molar-refractivity contribution in [2.45, 2.75) is 25.8 Å². The highest BCUT2D eigenvalue weighted by Gasteiger charge is 2.21. The minimum absolute atomic E-state index is 0.129. The maximum atomic E-state index is 11.3. The zero-order chi connectivity index (χ0) is 9.42.